The molecule has 220 valence electrons. The maximum Gasteiger partial charge on any atom is 0.513 e. The Hall–Kier alpha value is -3.34. The van der Waals surface area contributed by atoms with E-state index in [4.69, 9.17) is 28.4 Å². The van der Waals surface area contributed by atoms with Gasteiger partial charge in [0.05, 0.1) is 20.3 Å². The number of rotatable bonds is 17. The molecule has 0 saturated carbocycles. The van der Waals surface area contributed by atoms with E-state index >= 15 is 0 Å². The number of hydrogen-bond donors (Lipinski definition) is 1. The highest BCUT2D eigenvalue weighted by atomic mass is 16.7. The second-order valence-corrected chi connectivity index (χ2v) is 9.75. The molecule has 0 unspecified atom stereocenters. The van der Waals surface area contributed by atoms with Crippen molar-refractivity contribution in [3.8, 4) is 11.5 Å². The molecule has 1 aromatic carbocycles. The average Bonchev–Trinajstić information content (AvgIpc) is 2.86. The monoisotopic (exact) mass is 553 g/mol. The van der Waals surface area contributed by atoms with Crippen molar-refractivity contribution >= 4 is 24.2 Å². The Morgan fingerprint density at radius 2 is 1.41 bits per heavy atom. The maximum atomic E-state index is 12.4. The standard InChI is InChI=1S/C28H43NO10/c1-7-8-25(30)35-16-13-29-22(26(31)34-6)17-21-9-10-23(38-27(32)36-14-11-19(2)3)24(18-21)39-28(33)37-15-12-20(4)5/h9-10,18-20,22,29H,7-8,11-17H2,1-6H3/t22-/m0/s1. The minimum absolute atomic E-state index is 0.0421. The summed E-state index contributed by atoms with van der Waals surface area (Å²) in [5.41, 5.74) is 0.575. The molecule has 0 radical (unpaired) electrons. The second kappa shape index (κ2) is 18.8. The summed E-state index contributed by atoms with van der Waals surface area (Å²) in [4.78, 5) is 48.4. The molecule has 0 spiro atoms. The van der Waals surface area contributed by atoms with Crippen LogP contribution in [0.3, 0.4) is 0 Å². The highest BCUT2D eigenvalue weighted by Crippen LogP contribution is 2.30. The smallest absolute Gasteiger partial charge is 0.468 e. The van der Waals surface area contributed by atoms with Gasteiger partial charge < -0.3 is 33.7 Å². The van der Waals surface area contributed by atoms with Crippen LogP contribution >= 0.6 is 0 Å². The van der Waals surface area contributed by atoms with E-state index in [1.165, 1.54) is 19.2 Å². The molecule has 0 fully saturated rings. The van der Waals surface area contributed by atoms with Crippen LogP contribution in [0.25, 0.3) is 0 Å². The van der Waals surface area contributed by atoms with Crippen molar-refractivity contribution in [3.63, 3.8) is 0 Å². The summed E-state index contributed by atoms with van der Waals surface area (Å²) in [5, 5.41) is 3.00. The van der Waals surface area contributed by atoms with Crippen molar-refractivity contribution in [1.82, 2.24) is 5.32 Å². The van der Waals surface area contributed by atoms with Crippen LogP contribution < -0.4 is 14.8 Å². The fourth-order valence-electron chi connectivity index (χ4n) is 3.13. The van der Waals surface area contributed by atoms with Crippen LogP contribution in [0.1, 0.15) is 65.9 Å². The third kappa shape index (κ3) is 15.0. The van der Waals surface area contributed by atoms with E-state index in [-0.39, 0.29) is 50.3 Å². The minimum atomic E-state index is -0.956. The van der Waals surface area contributed by atoms with Gasteiger partial charge in [0.1, 0.15) is 12.6 Å². The summed E-state index contributed by atoms with van der Waals surface area (Å²) < 4.78 is 30.8. The van der Waals surface area contributed by atoms with Crippen LogP contribution in [0.15, 0.2) is 18.2 Å². The minimum Gasteiger partial charge on any atom is -0.468 e. The number of ether oxygens (including phenoxy) is 6. The van der Waals surface area contributed by atoms with E-state index in [0.717, 1.165) is 0 Å². The maximum absolute atomic E-state index is 12.4. The summed E-state index contributed by atoms with van der Waals surface area (Å²) in [6, 6.07) is 3.75. The highest BCUT2D eigenvalue weighted by molar-refractivity contribution is 5.76. The summed E-state index contributed by atoms with van der Waals surface area (Å²) in [7, 11) is 1.27. The van der Waals surface area contributed by atoms with Gasteiger partial charge in [0.15, 0.2) is 11.5 Å². The lowest BCUT2D eigenvalue weighted by molar-refractivity contribution is -0.144. The molecule has 0 aliphatic rings. The zero-order valence-corrected chi connectivity index (χ0v) is 23.9. The Morgan fingerprint density at radius 1 is 0.821 bits per heavy atom. The fourth-order valence-corrected chi connectivity index (χ4v) is 3.13. The Labute approximate surface area is 230 Å². The molecular weight excluding hydrogens is 510 g/mol. The molecule has 0 bridgehead atoms. The Morgan fingerprint density at radius 3 is 1.95 bits per heavy atom. The van der Waals surface area contributed by atoms with Gasteiger partial charge >= 0.3 is 24.2 Å². The van der Waals surface area contributed by atoms with E-state index in [2.05, 4.69) is 5.32 Å². The van der Waals surface area contributed by atoms with Crippen molar-refractivity contribution in [2.45, 2.75) is 72.8 Å². The van der Waals surface area contributed by atoms with Gasteiger partial charge in [-0.1, -0.05) is 40.7 Å². The molecule has 0 aliphatic carbocycles. The lowest BCUT2D eigenvalue weighted by atomic mass is 10.1. The number of carbonyl (C=O) groups excluding carboxylic acids is 4. The molecule has 0 amide bonds. The summed E-state index contributed by atoms with van der Waals surface area (Å²) >= 11 is 0. The first-order valence-electron chi connectivity index (χ1n) is 13.3. The third-order valence-corrected chi connectivity index (χ3v) is 5.36. The number of esters is 2. The molecule has 1 rings (SSSR count). The zero-order chi connectivity index (χ0) is 29.2. The van der Waals surface area contributed by atoms with Crippen LogP contribution in [-0.4, -0.2) is 63.8 Å². The van der Waals surface area contributed by atoms with Crippen molar-refractivity contribution in [3.05, 3.63) is 23.8 Å². The van der Waals surface area contributed by atoms with E-state index in [1.807, 2.05) is 34.6 Å². The number of nitrogens with one attached hydrogen (secondary N) is 1. The molecule has 0 heterocycles. The van der Waals surface area contributed by atoms with Gasteiger partial charge in [-0.3, -0.25) is 9.59 Å². The van der Waals surface area contributed by atoms with Gasteiger partial charge in [-0.15, -0.1) is 0 Å². The molecule has 11 nitrogen and oxygen atoms in total. The van der Waals surface area contributed by atoms with Crippen molar-refractivity contribution in [2.75, 3.05) is 33.5 Å². The van der Waals surface area contributed by atoms with Crippen LogP contribution in [-0.2, 0) is 35.0 Å². The van der Waals surface area contributed by atoms with Crippen LogP contribution in [0.2, 0.25) is 0 Å². The quantitative estimate of drug-likeness (QED) is 0.123. The van der Waals surface area contributed by atoms with Gasteiger partial charge in [0.25, 0.3) is 0 Å². The molecule has 11 heteroatoms. The molecule has 39 heavy (non-hydrogen) atoms. The fraction of sp³-hybridized carbons (Fsp3) is 0.643. The van der Waals surface area contributed by atoms with E-state index in [1.54, 1.807) is 6.07 Å². The number of hydrogen-bond acceptors (Lipinski definition) is 11. The van der Waals surface area contributed by atoms with Gasteiger partial charge in [0, 0.05) is 13.0 Å². The summed E-state index contributed by atoms with van der Waals surface area (Å²) in [6.07, 6.45) is 0.578. The van der Waals surface area contributed by atoms with Crippen molar-refractivity contribution in [2.24, 2.45) is 11.8 Å². The largest absolute Gasteiger partial charge is 0.513 e. The molecule has 1 aromatic rings. The van der Waals surface area contributed by atoms with E-state index < -0.39 is 24.3 Å². The lowest BCUT2D eigenvalue weighted by Crippen LogP contribution is -2.41. The lowest BCUT2D eigenvalue weighted by Gasteiger charge is -2.18. The second-order valence-electron chi connectivity index (χ2n) is 9.75. The van der Waals surface area contributed by atoms with Crippen molar-refractivity contribution in [1.29, 1.82) is 0 Å². The molecule has 0 saturated heterocycles. The Balaban J connectivity index is 2.98. The van der Waals surface area contributed by atoms with Crippen LogP contribution in [0.5, 0.6) is 11.5 Å². The van der Waals surface area contributed by atoms with Gasteiger partial charge in [-0.25, -0.2) is 9.59 Å². The first-order valence-corrected chi connectivity index (χ1v) is 13.3. The molecule has 0 aromatic heterocycles. The van der Waals surface area contributed by atoms with E-state index in [0.29, 0.717) is 43.1 Å². The van der Waals surface area contributed by atoms with Gasteiger partial charge in [0.2, 0.25) is 0 Å². The number of carbonyl (C=O) groups is 4. The Bertz CT molecular complexity index is 916. The summed E-state index contributed by atoms with van der Waals surface area (Å²) in [5.74, 6) is -0.275. The zero-order valence-electron chi connectivity index (χ0n) is 23.9. The predicted octanol–water partition coefficient (Wildman–Crippen LogP) is 4.83. The van der Waals surface area contributed by atoms with Crippen LogP contribution in [0.4, 0.5) is 9.59 Å². The number of methoxy groups -OCH3 is 1. The molecular formula is C28H43NO10. The highest BCUT2D eigenvalue weighted by Gasteiger charge is 2.22. The summed E-state index contributed by atoms with van der Waals surface area (Å²) in [6.45, 7) is 10.5. The van der Waals surface area contributed by atoms with Gasteiger partial charge in [-0.2, -0.15) is 0 Å². The molecule has 1 N–H and O–H groups in total. The Kier molecular flexibility index (Phi) is 16.3. The average molecular weight is 554 g/mol. The molecule has 0 aliphatic heterocycles. The number of benzene rings is 1. The van der Waals surface area contributed by atoms with E-state index in [9.17, 15) is 19.2 Å². The SMILES string of the molecule is CCCC(=O)OCCN[C@@H](Cc1ccc(OC(=O)OCCC(C)C)c(OC(=O)OCCC(C)C)c1)C(=O)OC. The van der Waals surface area contributed by atoms with Gasteiger partial charge in [-0.05, 0) is 55.2 Å². The van der Waals surface area contributed by atoms with Crippen LogP contribution in [0, 0.1) is 11.8 Å². The normalized spacial score (nSPS) is 11.6. The third-order valence-electron chi connectivity index (χ3n) is 5.36. The topological polar surface area (TPSA) is 136 Å². The first kappa shape index (κ1) is 33.7. The predicted molar refractivity (Wildman–Crippen MR) is 143 cm³/mol. The molecule has 1 atom stereocenters. The van der Waals surface area contributed by atoms with Crippen molar-refractivity contribution < 1.29 is 47.6 Å². The first-order chi connectivity index (χ1) is 18.5.